The van der Waals surface area contributed by atoms with E-state index in [-0.39, 0.29) is 18.3 Å². The van der Waals surface area contributed by atoms with Crippen LogP contribution in [0.5, 0.6) is 23.0 Å². The summed E-state index contributed by atoms with van der Waals surface area (Å²) in [7, 11) is 1.55. The van der Waals surface area contributed by atoms with Crippen molar-refractivity contribution in [2.24, 2.45) is 0 Å². The van der Waals surface area contributed by atoms with Crippen LogP contribution in [0.15, 0.2) is 70.7 Å². The maximum Gasteiger partial charge on any atom is 0.264 e. The fourth-order valence-corrected chi connectivity index (χ4v) is 4.84. The Balaban J connectivity index is 1.27. The van der Waals surface area contributed by atoms with E-state index in [1.807, 2.05) is 36.4 Å². The molecule has 8 nitrogen and oxygen atoms in total. The predicted molar refractivity (Wildman–Crippen MR) is 146 cm³/mol. The lowest BCUT2D eigenvalue weighted by molar-refractivity contribution is -0.126. The van der Waals surface area contributed by atoms with Gasteiger partial charge < -0.3 is 28.7 Å². The van der Waals surface area contributed by atoms with E-state index < -0.39 is 0 Å². The lowest BCUT2D eigenvalue weighted by Gasteiger charge is -2.36. The predicted octanol–water partition coefficient (Wildman–Crippen LogP) is 5.02. The molecule has 2 heterocycles. The van der Waals surface area contributed by atoms with Gasteiger partial charge in [-0.15, -0.1) is 0 Å². The average Bonchev–Trinajstić information content (AvgIpc) is 3.44. The van der Waals surface area contributed by atoms with Crippen LogP contribution in [0, 0.1) is 11.3 Å². The van der Waals surface area contributed by atoms with Crippen LogP contribution in [0.4, 0.5) is 5.69 Å². The van der Waals surface area contributed by atoms with Gasteiger partial charge in [-0.25, -0.2) is 0 Å². The summed E-state index contributed by atoms with van der Waals surface area (Å²) in [4.78, 5) is 17.1. The van der Waals surface area contributed by atoms with Gasteiger partial charge in [0.2, 0.25) is 6.79 Å². The van der Waals surface area contributed by atoms with Crippen molar-refractivity contribution in [2.75, 3.05) is 45.0 Å². The first-order chi connectivity index (χ1) is 18.6. The molecule has 0 bridgehead atoms. The van der Waals surface area contributed by atoms with Gasteiger partial charge in [-0.3, -0.25) is 4.79 Å². The highest BCUT2D eigenvalue weighted by atomic mass is 79.9. The number of nitriles is 1. The van der Waals surface area contributed by atoms with Crippen molar-refractivity contribution < 1.29 is 23.7 Å². The average molecular weight is 576 g/mol. The standard InChI is InChI=1S/C29H26BrN3O5/c1-35-26-15-21(24(30)16-28(26)36-18-20-7-8-25-27(13-20)38-19-37-25)14-22(17-31)29(34)33-11-9-32(10-12-33)23-5-3-2-4-6-23/h2-8,13-16H,9-12,18-19H2,1H3/b22-14-. The van der Waals surface area contributed by atoms with Crippen molar-refractivity contribution in [3.8, 4) is 29.1 Å². The molecule has 5 rings (SSSR count). The number of halogens is 1. The zero-order valence-electron chi connectivity index (χ0n) is 20.9. The Kier molecular flexibility index (Phi) is 7.70. The Morgan fingerprint density at radius 2 is 1.79 bits per heavy atom. The molecule has 0 aliphatic carbocycles. The van der Waals surface area contributed by atoms with Crippen LogP contribution < -0.4 is 23.8 Å². The Morgan fingerprint density at radius 1 is 1.03 bits per heavy atom. The third-order valence-electron chi connectivity index (χ3n) is 6.45. The number of ether oxygens (including phenoxy) is 4. The molecule has 0 spiro atoms. The first-order valence-electron chi connectivity index (χ1n) is 12.2. The van der Waals surface area contributed by atoms with Gasteiger partial charge in [-0.2, -0.15) is 5.26 Å². The van der Waals surface area contributed by atoms with E-state index in [4.69, 9.17) is 18.9 Å². The molecule has 0 aromatic heterocycles. The minimum Gasteiger partial charge on any atom is -0.493 e. The van der Waals surface area contributed by atoms with Crippen LogP contribution in [-0.4, -0.2) is 50.9 Å². The smallest absolute Gasteiger partial charge is 0.264 e. The topological polar surface area (TPSA) is 84.3 Å². The zero-order valence-corrected chi connectivity index (χ0v) is 22.4. The van der Waals surface area contributed by atoms with Crippen LogP contribution in [-0.2, 0) is 11.4 Å². The Morgan fingerprint density at radius 3 is 2.53 bits per heavy atom. The molecule has 0 saturated carbocycles. The lowest BCUT2D eigenvalue weighted by atomic mass is 10.1. The summed E-state index contributed by atoms with van der Waals surface area (Å²) in [6, 6.07) is 21.4. The van der Waals surface area contributed by atoms with E-state index in [0.717, 1.165) is 11.3 Å². The third kappa shape index (κ3) is 5.55. The highest BCUT2D eigenvalue weighted by molar-refractivity contribution is 9.10. The minimum atomic E-state index is -0.283. The summed E-state index contributed by atoms with van der Waals surface area (Å²) < 4.78 is 23.0. The van der Waals surface area contributed by atoms with Gasteiger partial charge in [0.15, 0.2) is 23.0 Å². The molecular formula is C29H26BrN3O5. The second-order valence-corrected chi connectivity index (χ2v) is 9.64. The number of rotatable bonds is 7. The van der Waals surface area contributed by atoms with Gasteiger partial charge in [-0.1, -0.05) is 40.2 Å². The van der Waals surface area contributed by atoms with Crippen molar-refractivity contribution in [2.45, 2.75) is 6.61 Å². The number of fused-ring (bicyclic) bond motifs is 1. The fourth-order valence-electron chi connectivity index (χ4n) is 4.40. The van der Waals surface area contributed by atoms with Crippen molar-refractivity contribution in [3.63, 3.8) is 0 Å². The van der Waals surface area contributed by atoms with E-state index in [0.29, 0.717) is 65.8 Å². The third-order valence-corrected chi connectivity index (χ3v) is 7.14. The number of carbonyl (C=O) groups is 1. The SMILES string of the molecule is COc1cc(/C=C(/C#N)C(=O)N2CCN(c3ccccc3)CC2)c(Br)cc1OCc1ccc2c(c1)OCO2. The normalized spacial score (nSPS) is 14.7. The lowest BCUT2D eigenvalue weighted by Crippen LogP contribution is -2.49. The van der Waals surface area contributed by atoms with Crippen molar-refractivity contribution in [1.82, 2.24) is 4.90 Å². The van der Waals surface area contributed by atoms with Crippen LogP contribution in [0.1, 0.15) is 11.1 Å². The number of carbonyl (C=O) groups excluding carboxylic acids is 1. The minimum absolute atomic E-state index is 0.0648. The molecule has 0 radical (unpaired) electrons. The second-order valence-electron chi connectivity index (χ2n) is 8.79. The molecule has 0 atom stereocenters. The quantitative estimate of drug-likeness (QED) is 0.289. The fraction of sp³-hybridized carbons (Fsp3) is 0.241. The molecular weight excluding hydrogens is 550 g/mol. The molecule has 3 aromatic rings. The molecule has 3 aromatic carbocycles. The van der Waals surface area contributed by atoms with Gasteiger partial charge in [0.1, 0.15) is 18.2 Å². The molecule has 1 amide bonds. The number of para-hydroxylation sites is 1. The maximum atomic E-state index is 13.2. The summed E-state index contributed by atoms with van der Waals surface area (Å²) >= 11 is 3.56. The highest BCUT2D eigenvalue weighted by Crippen LogP contribution is 2.36. The first-order valence-corrected chi connectivity index (χ1v) is 12.9. The van der Waals surface area contributed by atoms with Crippen molar-refractivity contribution >= 4 is 33.6 Å². The number of piperazine rings is 1. The number of amides is 1. The molecule has 9 heteroatoms. The van der Waals surface area contributed by atoms with Gasteiger partial charge in [0, 0.05) is 36.3 Å². The molecule has 2 aliphatic rings. The Labute approximate surface area is 229 Å². The monoisotopic (exact) mass is 575 g/mol. The van der Waals surface area contributed by atoms with E-state index in [9.17, 15) is 10.1 Å². The first kappa shape index (κ1) is 25.5. The number of nitrogens with zero attached hydrogens (tertiary/aromatic N) is 3. The maximum absolute atomic E-state index is 13.2. The van der Waals surface area contributed by atoms with Crippen LogP contribution in [0.2, 0.25) is 0 Å². The van der Waals surface area contributed by atoms with Crippen LogP contribution in [0.25, 0.3) is 6.08 Å². The molecule has 194 valence electrons. The summed E-state index contributed by atoms with van der Waals surface area (Å²) in [5.41, 5.74) is 2.76. The van der Waals surface area contributed by atoms with E-state index >= 15 is 0 Å². The number of anilines is 1. The van der Waals surface area contributed by atoms with Crippen LogP contribution >= 0.6 is 15.9 Å². The summed E-state index contributed by atoms with van der Waals surface area (Å²) in [6.45, 7) is 3.02. The van der Waals surface area contributed by atoms with E-state index in [1.165, 1.54) is 0 Å². The molecule has 1 fully saturated rings. The summed E-state index contributed by atoms with van der Waals surface area (Å²) in [5.74, 6) is 2.13. The summed E-state index contributed by atoms with van der Waals surface area (Å²) in [5, 5.41) is 9.80. The number of hydrogen-bond donors (Lipinski definition) is 0. The summed E-state index contributed by atoms with van der Waals surface area (Å²) in [6.07, 6.45) is 1.58. The largest absolute Gasteiger partial charge is 0.493 e. The zero-order chi connectivity index (χ0) is 26.5. The number of methoxy groups -OCH3 is 1. The molecule has 0 unspecified atom stereocenters. The number of benzene rings is 3. The second kappa shape index (κ2) is 11.5. The molecule has 2 aliphatic heterocycles. The van der Waals surface area contributed by atoms with Gasteiger partial charge >= 0.3 is 0 Å². The van der Waals surface area contributed by atoms with Crippen molar-refractivity contribution in [3.05, 3.63) is 81.8 Å². The van der Waals surface area contributed by atoms with E-state index in [2.05, 4.69) is 39.0 Å². The molecule has 0 N–H and O–H groups in total. The molecule has 1 saturated heterocycles. The van der Waals surface area contributed by atoms with Crippen molar-refractivity contribution in [1.29, 1.82) is 5.26 Å². The Bertz CT molecular complexity index is 1400. The van der Waals surface area contributed by atoms with Gasteiger partial charge in [0.05, 0.1) is 7.11 Å². The Hall–Kier alpha value is -4.16. The van der Waals surface area contributed by atoms with E-state index in [1.54, 1.807) is 30.2 Å². The van der Waals surface area contributed by atoms with Gasteiger partial charge in [-0.05, 0) is 53.6 Å². The highest BCUT2D eigenvalue weighted by Gasteiger charge is 2.24. The molecule has 38 heavy (non-hydrogen) atoms. The van der Waals surface area contributed by atoms with Crippen LogP contribution in [0.3, 0.4) is 0 Å². The number of hydrogen-bond acceptors (Lipinski definition) is 7. The van der Waals surface area contributed by atoms with Gasteiger partial charge in [0.25, 0.3) is 5.91 Å².